The lowest BCUT2D eigenvalue weighted by atomic mass is 9.69. The van der Waals surface area contributed by atoms with Crippen LogP contribution in [0.25, 0.3) is 11.1 Å². The van der Waals surface area contributed by atoms with Crippen molar-refractivity contribution in [2.75, 3.05) is 0 Å². The summed E-state index contributed by atoms with van der Waals surface area (Å²) in [6.45, 7) is 8.36. The Kier molecular flexibility index (Phi) is 3.42. The average Bonchev–Trinajstić information content (AvgIpc) is 3.11. The number of allylic oxidation sites excluding steroid dienone is 7. The summed E-state index contributed by atoms with van der Waals surface area (Å²) in [5, 5.41) is 0. The largest absolute Gasteiger partial charge is 0.0988 e. The average molecular weight is 310 g/mol. The molecule has 0 bridgehead atoms. The molecule has 2 aliphatic carbocycles. The third-order valence-electron chi connectivity index (χ3n) is 5.49. The van der Waals surface area contributed by atoms with Crippen molar-refractivity contribution in [3.05, 3.63) is 107 Å². The Morgan fingerprint density at radius 2 is 1.50 bits per heavy atom. The first kappa shape index (κ1) is 15.0. The van der Waals surface area contributed by atoms with Gasteiger partial charge in [0.15, 0.2) is 0 Å². The van der Waals surface area contributed by atoms with Crippen LogP contribution in [0.1, 0.15) is 31.4 Å². The molecule has 0 N–H and O–H groups in total. The van der Waals surface area contributed by atoms with Gasteiger partial charge in [0.1, 0.15) is 0 Å². The van der Waals surface area contributed by atoms with E-state index < -0.39 is 0 Å². The molecule has 118 valence electrons. The minimum Gasteiger partial charge on any atom is -0.0988 e. The normalized spacial score (nSPS) is 19.3. The van der Waals surface area contributed by atoms with E-state index in [0.717, 1.165) is 6.42 Å². The van der Waals surface area contributed by atoms with E-state index in [1.54, 1.807) is 0 Å². The SMILES string of the molecule is C=CC1=C(/C=C\C)C2(/C(=C/C)C1)c1ccccc1-c1ccccc12. The van der Waals surface area contributed by atoms with Gasteiger partial charge in [-0.2, -0.15) is 0 Å². The molecule has 0 radical (unpaired) electrons. The lowest BCUT2D eigenvalue weighted by Gasteiger charge is -2.32. The molecule has 2 aromatic rings. The smallest absolute Gasteiger partial charge is 0.0679 e. The number of hydrogen-bond donors (Lipinski definition) is 0. The lowest BCUT2D eigenvalue weighted by molar-refractivity contribution is 0.762. The van der Waals surface area contributed by atoms with Gasteiger partial charge in [0.05, 0.1) is 5.41 Å². The van der Waals surface area contributed by atoms with Crippen LogP contribution in [0.4, 0.5) is 0 Å². The zero-order valence-corrected chi connectivity index (χ0v) is 14.3. The molecule has 0 aliphatic heterocycles. The molecule has 0 heteroatoms. The summed E-state index contributed by atoms with van der Waals surface area (Å²) in [4.78, 5) is 0. The summed E-state index contributed by atoms with van der Waals surface area (Å²) >= 11 is 0. The molecule has 0 saturated carbocycles. The van der Waals surface area contributed by atoms with E-state index in [-0.39, 0.29) is 5.41 Å². The van der Waals surface area contributed by atoms with Crippen molar-refractivity contribution in [1.82, 2.24) is 0 Å². The second-order valence-corrected chi connectivity index (χ2v) is 6.47. The fourth-order valence-corrected chi connectivity index (χ4v) is 4.62. The maximum atomic E-state index is 4.09. The molecule has 1 spiro atoms. The highest BCUT2D eigenvalue weighted by atomic mass is 14.5. The third-order valence-corrected chi connectivity index (χ3v) is 5.49. The maximum Gasteiger partial charge on any atom is 0.0679 e. The first-order chi connectivity index (χ1) is 11.8. The van der Waals surface area contributed by atoms with Gasteiger partial charge < -0.3 is 0 Å². The Balaban J connectivity index is 2.19. The molecule has 2 aromatic carbocycles. The molecule has 0 atom stereocenters. The van der Waals surface area contributed by atoms with Gasteiger partial charge in [-0.15, -0.1) is 0 Å². The van der Waals surface area contributed by atoms with Gasteiger partial charge in [-0.25, -0.2) is 0 Å². The van der Waals surface area contributed by atoms with Crippen LogP contribution in [-0.2, 0) is 5.41 Å². The highest BCUT2D eigenvalue weighted by molar-refractivity contribution is 5.88. The Morgan fingerprint density at radius 1 is 0.917 bits per heavy atom. The van der Waals surface area contributed by atoms with Crippen molar-refractivity contribution in [3.63, 3.8) is 0 Å². The second kappa shape index (κ2) is 5.49. The molecule has 0 saturated heterocycles. The molecular formula is C24H22. The summed E-state index contributed by atoms with van der Waals surface area (Å²) in [6.07, 6.45) is 9.76. The molecule has 2 aliphatic rings. The molecule has 0 amide bonds. The predicted octanol–water partition coefficient (Wildman–Crippen LogP) is 6.36. The van der Waals surface area contributed by atoms with Crippen LogP contribution in [0.15, 0.2) is 96.1 Å². The summed E-state index contributed by atoms with van der Waals surface area (Å²) in [5.74, 6) is 0. The molecular weight excluding hydrogens is 288 g/mol. The van der Waals surface area contributed by atoms with Gasteiger partial charge in [-0.3, -0.25) is 0 Å². The summed E-state index contributed by atoms with van der Waals surface area (Å²) < 4.78 is 0. The van der Waals surface area contributed by atoms with E-state index in [0.29, 0.717) is 0 Å². The summed E-state index contributed by atoms with van der Waals surface area (Å²) in [6, 6.07) is 17.7. The van der Waals surface area contributed by atoms with E-state index in [2.05, 4.69) is 87.2 Å². The van der Waals surface area contributed by atoms with Crippen LogP contribution in [-0.4, -0.2) is 0 Å². The monoisotopic (exact) mass is 310 g/mol. The molecule has 0 aromatic heterocycles. The van der Waals surface area contributed by atoms with Gasteiger partial charge in [0.2, 0.25) is 0 Å². The Hall–Kier alpha value is -2.60. The van der Waals surface area contributed by atoms with Crippen LogP contribution in [0, 0.1) is 0 Å². The highest BCUT2D eigenvalue weighted by Crippen LogP contribution is 2.61. The van der Waals surface area contributed by atoms with E-state index in [9.17, 15) is 0 Å². The Bertz CT molecular complexity index is 873. The topological polar surface area (TPSA) is 0 Å². The fourth-order valence-electron chi connectivity index (χ4n) is 4.62. The zero-order chi connectivity index (χ0) is 16.7. The molecule has 4 rings (SSSR count). The van der Waals surface area contributed by atoms with Crippen LogP contribution in [0.3, 0.4) is 0 Å². The quantitative estimate of drug-likeness (QED) is 0.566. The molecule has 24 heavy (non-hydrogen) atoms. The van der Waals surface area contributed by atoms with Crippen molar-refractivity contribution in [2.24, 2.45) is 0 Å². The van der Waals surface area contributed by atoms with Gasteiger partial charge in [0, 0.05) is 0 Å². The van der Waals surface area contributed by atoms with Crippen LogP contribution in [0.2, 0.25) is 0 Å². The van der Waals surface area contributed by atoms with Crippen molar-refractivity contribution in [3.8, 4) is 11.1 Å². The van der Waals surface area contributed by atoms with Crippen molar-refractivity contribution in [2.45, 2.75) is 25.7 Å². The van der Waals surface area contributed by atoms with Crippen LogP contribution in [0.5, 0.6) is 0 Å². The van der Waals surface area contributed by atoms with Gasteiger partial charge in [-0.05, 0) is 53.7 Å². The van der Waals surface area contributed by atoms with Crippen molar-refractivity contribution in [1.29, 1.82) is 0 Å². The van der Waals surface area contributed by atoms with Gasteiger partial charge in [0.25, 0.3) is 0 Å². The second-order valence-electron chi connectivity index (χ2n) is 6.47. The number of benzene rings is 2. The highest BCUT2D eigenvalue weighted by Gasteiger charge is 2.50. The predicted molar refractivity (Wildman–Crippen MR) is 103 cm³/mol. The minimum absolute atomic E-state index is 0.155. The number of rotatable bonds is 2. The standard InChI is InChI=1S/C24H22/c1-4-11-21-17(5-2)16-18(6-3)24(21)22-14-9-7-12-19(22)20-13-8-10-15-23(20)24/h4-15H,2,16H2,1,3H3/b11-4-,18-6+. The first-order valence-electron chi connectivity index (χ1n) is 8.62. The molecule has 0 fully saturated rings. The van der Waals surface area contributed by atoms with Crippen LogP contribution < -0.4 is 0 Å². The molecule has 0 nitrogen and oxygen atoms in total. The number of fused-ring (bicyclic) bond motifs is 5. The van der Waals surface area contributed by atoms with Gasteiger partial charge >= 0.3 is 0 Å². The van der Waals surface area contributed by atoms with E-state index >= 15 is 0 Å². The van der Waals surface area contributed by atoms with E-state index in [4.69, 9.17) is 0 Å². The van der Waals surface area contributed by atoms with Crippen LogP contribution >= 0.6 is 0 Å². The first-order valence-corrected chi connectivity index (χ1v) is 8.62. The molecule has 0 heterocycles. The van der Waals surface area contributed by atoms with Crippen molar-refractivity contribution >= 4 is 0 Å². The zero-order valence-electron chi connectivity index (χ0n) is 14.3. The maximum absolute atomic E-state index is 4.09. The Morgan fingerprint density at radius 3 is 2.00 bits per heavy atom. The fraction of sp³-hybridized carbons (Fsp3) is 0.167. The van der Waals surface area contributed by atoms with Crippen molar-refractivity contribution < 1.29 is 0 Å². The van der Waals surface area contributed by atoms with E-state index in [1.165, 1.54) is 39.0 Å². The summed E-state index contributed by atoms with van der Waals surface area (Å²) in [7, 11) is 0. The molecule has 0 unspecified atom stereocenters. The lowest BCUT2D eigenvalue weighted by Crippen LogP contribution is -2.26. The van der Waals surface area contributed by atoms with Gasteiger partial charge in [-0.1, -0.05) is 85.0 Å². The minimum atomic E-state index is -0.155. The summed E-state index contributed by atoms with van der Waals surface area (Å²) in [5.41, 5.74) is 9.56. The third kappa shape index (κ3) is 1.69. The Labute approximate surface area is 144 Å². The van der Waals surface area contributed by atoms with E-state index in [1.807, 2.05) is 6.08 Å². The number of hydrogen-bond acceptors (Lipinski definition) is 0.